The molecule has 4 rings (SSSR count). The van der Waals surface area contributed by atoms with Gasteiger partial charge in [0, 0.05) is 37.9 Å². The molecule has 2 heterocycles. The number of hydrogen-bond donors (Lipinski definition) is 3. The number of carbonyl (C=O) groups is 1. The van der Waals surface area contributed by atoms with E-state index in [0.29, 0.717) is 33.6 Å². The summed E-state index contributed by atoms with van der Waals surface area (Å²) in [7, 11) is 0. The van der Waals surface area contributed by atoms with E-state index in [4.69, 9.17) is 33.2 Å². The number of aromatic nitrogens is 1. The second kappa shape index (κ2) is 10.8. The molecule has 1 amide bonds. The molecule has 1 saturated heterocycles. The summed E-state index contributed by atoms with van der Waals surface area (Å²) in [6.07, 6.45) is 2.71. The molecule has 180 valence electrons. The van der Waals surface area contributed by atoms with Gasteiger partial charge in [-0.15, -0.1) is 0 Å². The lowest BCUT2D eigenvalue weighted by Gasteiger charge is -2.33. The lowest BCUT2D eigenvalue weighted by molar-refractivity contribution is 0.0594. The first kappa shape index (κ1) is 24.6. The van der Waals surface area contributed by atoms with Gasteiger partial charge in [0.05, 0.1) is 21.7 Å². The number of β-amino-alcohol motifs (C(OH)–C–C–N with tert-alkyl or cyclic N) is 1. The molecule has 0 radical (unpaired) electrons. The number of aromatic amines is 1. The zero-order chi connectivity index (χ0) is 24.2. The third-order valence-electron chi connectivity index (χ3n) is 6.12. The van der Waals surface area contributed by atoms with Crippen molar-refractivity contribution in [2.45, 2.75) is 43.8 Å². The molecule has 2 aromatic rings. The van der Waals surface area contributed by atoms with Crippen molar-refractivity contribution in [3.8, 4) is 11.8 Å². The smallest absolute Gasteiger partial charge is 0.266 e. The Labute approximate surface area is 207 Å². The van der Waals surface area contributed by atoms with Crippen LogP contribution in [-0.2, 0) is 0 Å². The molecule has 1 aromatic heterocycles. The average Bonchev–Trinajstić information content (AvgIpc) is 3.66. The van der Waals surface area contributed by atoms with Crippen LogP contribution in [0.4, 0.5) is 0 Å². The highest BCUT2D eigenvalue weighted by molar-refractivity contribution is 6.42. The highest BCUT2D eigenvalue weighted by Crippen LogP contribution is 2.40. The molecule has 0 bridgehead atoms. The van der Waals surface area contributed by atoms with Crippen LogP contribution in [0.15, 0.2) is 29.1 Å². The molecule has 34 heavy (non-hydrogen) atoms. The van der Waals surface area contributed by atoms with E-state index in [1.54, 1.807) is 18.2 Å². The van der Waals surface area contributed by atoms with Crippen LogP contribution in [0.5, 0.6) is 5.75 Å². The summed E-state index contributed by atoms with van der Waals surface area (Å²) < 4.78 is 6.00. The van der Waals surface area contributed by atoms with Gasteiger partial charge in [-0.3, -0.25) is 9.59 Å². The van der Waals surface area contributed by atoms with Gasteiger partial charge in [0.15, 0.2) is 0 Å². The third-order valence-corrected chi connectivity index (χ3v) is 6.86. The summed E-state index contributed by atoms with van der Waals surface area (Å²) in [5.41, 5.74) is 0.291. The predicted molar refractivity (Wildman–Crippen MR) is 129 cm³/mol. The Morgan fingerprint density at radius 1 is 1.24 bits per heavy atom. The van der Waals surface area contributed by atoms with E-state index in [9.17, 15) is 14.7 Å². The Morgan fingerprint density at radius 2 is 1.97 bits per heavy atom. The van der Waals surface area contributed by atoms with Crippen LogP contribution in [0, 0.1) is 11.3 Å². The number of benzene rings is 1. The second-order valence-electron chi connectivity index (χ2n) is 8.78. The zero-order valence-electron chi connectivity index (χ0n) is 18.5. The number of pyridine rings is 1. The Balaban J connectivity index is 1.24. The Morgan fingerprint density at radius 3 is 2.62 bits per heavy atom. The number of rotatable bonds is 8. The largest absolute Gasteiger partial charge is 0.490 e. The number of piperidine rings is 1. The van der Waals surface area contributed by atoms with E-state index >= 15 is 0 Å². The number of aliphatic hydroxyl groups is 1. The van der Waals surface area contributed by atoms with Crippen molar-refractivity contribution < 1.29 is 14.6 Å². The summed E-state index contributed by atoms with van der Waals surface area (Å²) in [6, 6.07) is 8.37. The first-order chi connectivity index (χ1) is 16.3. The summed E-state index contributed by atoms with van der Waals surface area (Å²) in [6.45, 7) is 2.01. The number of H-pyrrole nitrogens is 1. The van der Waals surface area contributed by atoms with E-state index in [1.807, 2.05) is 6.07 Å². The van der Waals surface area contributed by atoms with Crippen LogP contribution in [-0.4, -0.2) is 59.3 Å². The van der Waals surface area contributed by atoms with E-state index < -0.39 is 17.6 Å². The molecule has 0 spiro atoms. The topological polar surface area (TPSA) is 118 Å². The maximum Gasteiger partial charge on any atom is 0.266 e. The Kier molecular flexibility index (Phi) is 7.79. The summed E-state index contributed by atoms with van der Waals surface area (Å²) in [5, 5.41) is 23.3. The van der Waals surface area contributed by atoms with Gasteiger partial charge in [-0.25, -0.2) is 0 Å². The number of carbonyl (C=O) groups excluding carboxylic acids is 1. The van der Waals surface area contributed by atoms with Crippen molar-refractivity contribution >= 4 is 29.1 Å². The van der Waals surface area contributed by atoms with Crippen molar-refractivity contribution in [3.63, 3.8) is 0 Å². The van der Waals surface area contributed by atoms with Gasteiger partial charge in [0.2, 0.25) is 0 Å². The first-order valence-corrected chi connectivity index (χ1v) is 12.1. The minimum atomic E-state index is -0.751. The number of nitrogens with one attached hydrogen (secondary N) is 2. The fourth-order valence-electron chi connectivity index (χ4n) is 4.13. The van der Waals surface area contributed by atoms with Crippen LogP contribution in [0.3, 0.4) is 0 Å². The zero-order valence-corrected chi connectivity index (χ0v) is 20.0. The monoisotopic (exact) mass is 504 g/mol. The normalized spacial score (nSPS) is 17.7. The van der Waals surface area contributed by atoms with Crippen molar-refractivity contribution in [1.29, 1.82) is 5.26 Å². The lowest BCUT2D eigenvalue weighted by atomic mass is 10.1. The summed E-state index contributed by atoms with van der Waals surface area (Å²) >= 11 is 12.0. The number of aliphatic hydroxyl groups excluding tert-OH is 1. The highest BCUT2D eigenvalue weighted by Gasteiger charge is 2.30. The standard InChI is InChI=1S/C24H26Cl2N4O4/c25-20-4-3-18(10-21(20)26)34-17-5-7-30(8-6-17)13-16(31)12-28-24(33)19-9-15(11-27)23(32)29-22(19)14-1-2-14/h3-4,9-10,14,16-17,31H,1-2,5-8,12-13H2,(H,28,33)(H,29,32). The molecule has 1 aromatic carbocycles. The molecule has 2 fully saturated rings. The molecular formula is C24H26Cl2N4O4. The van der Waals surface area contributed by atoms with Gasteiger partial charge in [-0.2, -0.15) is 5.26 Å². The minimum absolute atomic E-state index is 0.0562. The van der Waals surface area contributed by atoms with Crippen molar-refractivity contribution in [3.05, 3.63) is 61.5 Å². The summed E-state index contributed by atoms with van der Waals surface area (Å²) in [5.74, 6) is 0.420. The number of nitrogens with zero attached hydrogens (tertiary/aromatic N) is 2. The van der Waals surface area contributed by atoms with Crippen molar-refractivity contribution in [2.24, 2.45) is 0 Å². The fourth-order valence-corrected chi connectivity index (χ4v) is 4.42. The first-order valence-electron chi connectivity index (χ1n) is 11.3. The maximum absolute atomic E-state index is 12.7. The number of hydrogen-bond acceptors (Lipinski definition) is 6. The quantitative estimate of drug-likeness (QED) is 0.508. The van der Waals surface area contributed by atoms with Crippen LogP contribution >= 0.6 is 23.2 Å². The number of amides is 1. The van der Waals surface area contributed by atoms with Gasteiger partial charge in [-0.1, -0.05) is 23.2 Å². The number of halogens is 2. The molecule has 1 aliphatic heterocycles. The average molecular weight is 505 g/mol. The van der Waals surface area contributed by atoms with E-state index in [1.165, 1.54) is 6.07 Å². The van der Waals surface area contributed by atoms with Crippen molar-refractivity contribution in [1.82, 2.24) is 15.2 Å². The van der Waals surface area contributed by atoms with Crippen LogP contribution in [0.2, 0.25) is 10.0 Å². The molecule has 1 saturated carbocycles. The van der Waals surface area contributed by atoms with E-state index in [-0.39, 0.29) is 24.1 Å². The van der Waals surface area contributed by atoms with E-state index in [2.05, 4.69) is 15.2 Å². The van der Waals surface area contributed by atoms with Crippen LogP contribution < -0.4 is 15.6 Å². The van der Waals surface area contributed by atoms with E-state index in [0.717, 1.165) is 38.8 Å². The van der Waals surface area contributed by atoms with Crippen molar-refractivity contribution in [2.75, 3.05) is 26.2 Å². The number of likely N-dealkylation sites (tertiary alicyclic amines) is 1. The van der Waals surface area contributed by atoms with Crippen LogP contribution in [0.25, 0.3) is 0 Å². The lowest BCUT2D eigenvalue weighted by Crippen LogP contribution is -2.45. The second-order valence-corrected chi connectivity index (χ2v) is 9.60. The SMILES string of the molecule is N#Cc1cc(C(=O)NCC(O)CN2CCC(Oc3ccc(Cl)c(Cl)c3)CC2)c(C2CC2)[nH]c1=O. The minimum Gasteiger partial charge on any atom is -0.490 e. The number of nitriles is 1. The van der Waals surface area contributed by atoms with Gasteiger partial charge in [0.25, 0.3) is 11.5 Å². The fraction of sp³-hybridized carbons (Fsp3) is 0.458. The molecular weight excluding hydrogens is 479 g/mol. The molecule has 2 aliphatic rings. The molecule has 8 nitrogen and oxygen atoms in total. The third kappa shape index (κ3) is 6.10. The Bertz CT molecular complexity index is 1150. The van der Waals surface area contributed by atoms with Gasteiger partial charge in [0.1, 0.15) is 23.5 Å². The molecule has 3 N–H and O–H groups in total. The Hall–Kier alpha value is -2.57. The molecule has 1 aliphatic carbocycles. The van der Waals surface area contributed by atoms with Gasteiger partial charge >= 0.3 is 0 Å². The highest BCUT2D eigenvalue weighted by atomic mass is 35.5. The van der Waals surface area contributed by atoms with Gasteiger partial charge < -0.3 is 25.0 Å². The molecule has 1 unspecified atom stereocenters. The summed E-state index contributed by atoms with van der Waals surface area (Å²) in [4.78, 5) is 29.5. The number of ether oxygens (including phenoxy) is 1. The van der Waals surface area contributed by atoms with Gasteiger partial charge in [-0.05, 0) is 49.8 Å². The predicted octanol–water partition coefficient (Wildman–Crippen LogP) is 3.06. The maximum atomic E-state index is 12.7. The van der Waals surface area contributed by atoms with Crippen LogP contribution in [0.1, 0.15) is 53.2 Å². The molecule has 1 atom stereocenters. The molecule has 10 heteroatoms.